The maximum absolute atomic E-state index is 12.2. The van der Waals surface area contributed by atoms with Crippen LogP contribution in [-0.4, -0.2) is 47.6 Å². The molecule has 1 saturated carbocycles. The first-order valence-corrected chi connectivity index (χ1v) is 10.5. The number of hydrogen-bond donors (Lipinski definition) is 1. The van der Waals surface area contributed by atoms with E-state index >= 15 is 0 Å². The maximum atomic E-state index is 12.2. The van der Waals surface area contributed by atoms with E-state index in [1.807, 2.05) is 4.68 Å². The Hall–Kier alpha value is -2.87. The zero-order valence-electron chi connectivity index (χ0n) is 16.9. The van der Waals surface area contributed by atoms with Gasteiger partial charge in [0.15, 0.2) is 6.61 Å². The molecule has 0 bridgehead atoms. The molecule has 30 heavy (non-hydrogen) atoms. The third-order valence-electron chi connectivity index (χ3n) is 5.49. The van der Waals surface area contributed by atoms with Crippen molar-refractivity contribution in [2.45, 2.75) is 50.7 Å². The fourth-order valence-electron chi connectivity index (χ4n) is 3.90. The monoisotopic (exact) mass is 413 g/mol. The summed E-state index contributed by atoms with van der Waals surface area (Å²) < 4.78 is 18.2. The van der Waals surface area contributed by atoms with E-state index in [9.17, 15) is 9.59 Å². The molecule has 2 aliphatic rings. The molecule has 0 radical (unpaired) electrons. The molecule has 1 aliphatic heterocycles. The van der Waals surface area contributed by atoms with Gasteiger partial charge in [0.1, 0.15) is 18.2 Å². The van der Waals surface area contributed by atoms with Crippen molar-refractivity contribution in [1.29, 1.82) is 0 Å². The van der Waals surface area contributed by atoms with Crippen LogP contribution < -0.4 is 10.1 Å². The molecule has 8 heteroatoms. The topological polar surface area (TPSA) is 91.7 Å². The highest BCUT2D eigenvalue weighted by molar-refractivity contribution is 5.95. The number of aromatic nitrogens is 2. The van der Waals surface area contributed by atoms with Crippen molar-refractivity contribution >= 4 is 17.7 Å². The summed E-state index contributed by atoms with van der Waals surface area (Å²) in [7, 11) is 0. The Labute approximate surface area is 175 Å². The minimum atomic E-state index is -0.555. The Morgan fingerprint density at radius 3 is 2.63 bits per heavy atom. The van der Waals surface area contributed by atoms with E-state index in [0.29, 0.717) is 29.8 Å². The molecule has 1 atom stereocenters. The molecule has 0 unspecified atom stereocenters. The van der Waals surface area contributed by atoms with Gasteiger partial charge in [0, 0.05) is 12.7 Å². The van der Waals surface area contributed by atoms with Crippen LogP contribution in [0.3, 0.4) is 0 Å². The molecule has 160 valence electrons. The van der Waals surface area contributed by atoms with Gasteiger partial charge in [-0.25, -0.2) is 9.48 Å². The molecule has 1 saturated heterocycles. The van der Waals surface area contributed by atoms with Crippen LogP contribution in [0.25, 0.3) is 0 Å². The Kier molecular flexibility index (Phi) is 6.63. The van der Waals surface area contributed by atoms with Gasteiger partial charge in [-0.2, -0.15) is 5.10 Å². The number of benzene rings is 1. The number of hydrogen-bond acceptors (Lipinski definition) is 6. The van der Waals surface area contributed by atoms with Gasteiger partial charge in [0.05, 0.1) is 23.9 Å². The second-order valence-electron chi connectivity index (χ2n) is 7.69. The van der Waals surface area contributed by atoms with Gasteiger partial charge in [0.25, 0.3) is 5.91 Å². The van der Waals surface area contributed by atoms with Crippen molar-refractivity contribution < 1.29 is 23.8 Å². The van der Waals surface area contributed by atoms with Crippen molar-refractivity contribution in [3.63, 3.8) is 0 Å². The van der Waals surface area contributed by atoms with E-state index in [1.54, 1.807) is 36.5 Å². The van der Waals surface area contributed by atoms with Gasteiger partial charge in [-0.3, -0.25) is 4.79 Å². The number of amides is 1. The highest BCUT2D eigenvalue weighted by atomic mass is 16.5. The van der Waals surface area contributed by atoms with Crippen molar-refractivity contribution in [3.8, 4) is 5.75 Å². The number of ether oxygens (including phenoxy) is 3. The van der Waals surface area contributed by atoms with Crippen molar-refractivity contribution in [1.82, 2.24) is 9.78 Å². The van der Waals surface area contributed by atoms with Gasteiger partial charge in [-0.05, 0) is 49.9 Å². The molecule has 1 aromatic heterocycles. The molecule has 4 rings (SSSR count). The standard InChI is InChI=1S/C22H27N3O5/c26-21(24-20-11-12-23-25(20)17-4-1-2-5-17)15-30-22(27)16-7-9-18(10-8-16)29-14-19-6-3-13-28-19/h7-12,17,19H,1-6,13-15H2,(H,24,26)/t19-/m1/s1. The summed E-state index contributed by atoms with van der Waals surface area (Å²) in [5.74, 6) is 0.357. The normalized spacial score (nSPS) is 19.0. The SMILES string of the molecule is O=C(COC(=O)c1ccc(OC[C@H]2CCCO2)cc1)Nc1ccnn1C1CCCC1. The second kappa shape index (κ2) is 9.75. The Morgan fingerprint density at radius 2 is 1.90 bits per heavy atom. The molecule has 8 nitrogen and oxygen atoms in total. The summed E-state index contributed by atoms with van der Waals surface area (Å²) >= 11 is 0. The summed E-state index contributed by atoms with van der Waals surface area (Å²) in [6, 6.07) is 8.75. The first-order chi connectivity index (χ1) is 14.7. The van der Waals surface area contributed by atoms with Crippen molar-refractivity contribution in [2.75, 3.05) is 25.1 Å². The number of carbonyl (C=O) groups is 2. The number of anilines is 1. The fraction of sp³-hybridized carbons (Fsp3) is 0.500. The van der Waals surface area contributed by atoms with Gasteiger partial charge < -0.3 is 19.5 Å². The fourth-order valence-corrected chi connectivity index (χ4v) is 3.90. The van der Waals surface area contributed by atoms with Crippen LogP contribution in [0.15, 0.2) is 36.5 Å². The zero-order chi connectivity index (χ0) is 20.8. The third-order valence-corrected chi connectivity index (χ3v) is 5.49. The van der Waals surface area contributed by atoms with Crippen molar-refractivity contribution in [2.24, 2.45) is 0 Å². The number of nitrogens with zero attached hydrogens (tertiary/aromatic N) is 2. The van der Waals surface area contributed by atoms with Crippen LogP contribution in [0.4, 0.5) is 5.82 Å². The van der Waals surface area contributed by atoms with Crippen LogP contribution >= 0.6 is 0 Å². The van der Waals surface area contributed by atoms with Gasteiger partial charge in [0.2, 0.25) is 0 Å². The lowest BCUT2D eigenvalue weighted by atomic mass is 10.2. The Bertz CT molecular complexity index is 852. The highest BCUT2D eigenvalue weighted by Gasteiger charge is 2.21. The quantitative estimate of drug-likeness (QED) is 0.668. The van der Waals surface area contributed by atoms with E-state index < -0.39 is 5.97 Å². The van der Waals surface area contributed by atoms with E-state index in [1.165, 1.54) is 12.8 Å². The van der Waals surface area contributed by atoms with E-state index in [4.69, 9.17) is 14.2 Å². The molecule has 1 N–H and O–H groups in total. The molecule has 1 aromatic carbocycles. The number of carbonyl (C=O) groups excluding carboxylic acids is 2. The summed E-state index contributed by atoms with van der Waals surface area (Å²) in [4.78, 5) is 24.4. The third kappa shape index (κ3) is 5.18. The predicted octanol–water partition coefficient (Wildman–Crippen LogP) is 3.35. The first-order valence-electron chi connectivity index (χ1n) is 10.5. The lowest BCUT2D eigenvalue weighted by Gasteiger charge is -2.14. The smallest absolute Gasteiger partial charge is 0.338 e. The minimum absolute atomic E-state index is 0.137. The maximum Gasteiger partial charge on any atom is 0.338 e. The molecule has 1 aliphatic carbocycles. The Morgan fingerprint density at radius 1 is 1.10 bits per heavy atom. The summed E-state index contributed by atoms with van der Waals surface area (Å²) in [6.07, 6.45) is 8.35. The number of esters is 1. The van der Waals surface area contributed by atoms with Crippen LogP contribution in [0.5, 0.6) is 5.75 Å². The summed E-state index contributed by atoms with van der Waals surface area (Å²) in [5.41, 5.74) is 0.364. The predicted molar refractivity (Wildman–Crippen MR) is 110 cm³/mol. The van der Waals surface area contributed by atoms with Crippen LogP contribution in [-0.2, 0) is 14.3 Å². The lowest BCUT2D eigenvalue weighted by Crippen LogP contribution is -2.23. The molecule has 1 amide bonds. The highest BCUT2D eigenvalue weighted by Crippen LogP contribution is 2.31. The van der Waals surface area contributed by atoms with E-state index in [2.05, 4.69) is 10.4 Å². The van der Waals surface area contributed by atoms with Crippen LogP contribution in [0.2, 0.25) is 0 Å². The molecular weight excluding hydrogens is 386 g/mol. The average molecular weight is 413 g/mol. The minimum Gasteiger partial charge on any atom is -0.491 e. The average Bonchev–Trinajstić information content (AvgIpc) is 3.53. The molecule has 2 fully saturated rings. The zero-order valence-corrected chi connectivity index (χ0v) is 16.9. The molecule has 0 spiro atoms. The number of nitrogens with one attached hydrogen (secondary N) is 1. The second-order valence-corrected chi connectivity index (χ2v) is 7.69. The van der Waals surface area contributed by atoms with E-state index in [-0.39, 0.29) is 18.6 Å². The molecular formula is C22H27N3O5. The first kappa shape index (κ1) is 20.4. The van der Waals surface area contributed by atoms with Crippen LogP contribution in [0.1, 0.15) is 54.9 Å². The van der Waals surface area contributed by atoms with E-state index in [0.717, 1.165) is 32.3 Å². The Balaban J connectivity index is 1.23. The summed E-state index contributed by atoms with van der Waals surface area (Å²) in [5, 5.41) is 7.10. The van der Waals surface area contributed by atoms with Gasteiger partial charge in [-0.1, -0.05) is 12.8 Å². The van der Waals surface area contributed by atoms with Crippen molar-refractivity contribution in [3.05, 3.63) is 42.1 Å². The largest absolute Gasteiger partial charge is 0.491 e. The van der Waals surface area contributed by atoms with Gasteiger partial charge in [-0.15, -0.1) is 0 Å². The summed E-state index contributed by atoms with van der Waals surface area (Å²) in [6.45, 7) is 0.933. The lowest BCUT2D eigenvalue weighted by molar-refractivity contribution is -0.119. The van der Waals surface area contributed by atoms with Gasteiger partial charge >= 0.3 is 5.97 Å². The molecule has 2 aromatic rings. The molecule has 2 heterocycles. The van der Waals surface area contributed by atoms with Crippen LogP contribution in [0, 0.1) is 0 Å². The number of rotatable bonds is 8.